The number of nitrogens with two attached hydrogens (primary N) is 1. The maximum Gasteiger partial charge on any atom is 0.253 e. The Labute approximate surface area is 157 Å². The molecule has 3 N–H and O–H groups in total. The molecule has 0 fully saturated rings. The molecule has 0 spiro atoms. The Morgan fingerprint density at radius 2 is 2.23 bits per heavy atom. The van der Waals surface area contributed by atoms with E-state index in [1.165, 1.54) is 10.4 Å². The van der Waals surface area contributed by atoms with E-state index < -0.39 is 11.9 Å². The molecule has 1 aliphatic heterocycles. The van der Waals surface area contributed by atoms with Crippen LogP contribution in [-0.4, -0.2) is 34.3 Å². The summed E-state index contributed by atoms with van der Waals surface area (Å²) in [4.78, 5) is 31.6. The number of nitrogens with zero attached hydrogens (tertiary/aromatic N) is 2. The lowest BCUT2D eigenvalue weighted by molar-refractivity contribution is -0.119. The van der Waals surface area contributed by atoms with Crippen molar-refractivity contribution >= 4 is 23.2 Å². The van der Waals surface area contributed by atoms with Crippen LogP contribution in [0, 0.1) is 0 Å². The summed E-state index contributed by atoms with van der Waals surface area (Å²) < 4.78 is 0. The zero-order valence-corrected chi connectivity index (χ0v) is 15.9. The quantitative estimate of drug-likeness (QED) is 0.810. The fraction of sp³-hybridized carbons (Fsp3) is 0.421. The first-order valence-electron chi connectivity index (χ1n) is 8.83. The molecule has 1 unspecified atom stereocenters. The van der Waals surface area contributed by atoms with Gasteiger partial charge in [0.1, 0.15) is 6.04 Å². The SMILES string of the molecule is CCc1ccc(CN2CCc3c(C(=O)NC(C)C(N)=O)csc3C2)nc1. The molecule has 1 aliphatic rings. The van der Waals surface area contributed by atoms with Crippen molar-refractivity contribution < 1.29 is 9.59 Å². The Balaban J connectivity index is 1.65. The summed E-state index contributed by atoms with van der Waals surface area (Å²) in [6, 6.07) is 3.55. The van der Waals surface area contributed by atoms with Crippen molar-refractivity contribution in [2.75, 3.05) is 6.54 Å². The van der Waals surface area contributed by atoms with Gasteiger partial charge in [0, 0.05) is 36.1 Å². The average molecular weight is 372 g/mol. The van der Waals surface area contributed by atoms with Crippen LogP contribution in [0.25, 0.3) is 0 Å². The number of pyridine rings is 1. The van der Waals surface area contributed by atoms with Gasteiger partial charge < -0.3 is 11.1 Å². The highest BCUT2D eigenvalue weighted by molar-refractivity contribution is 7.10. The molecule has 0 saturated heterocycles. The highest BCUT2D eigenvalue weighted by Crippen LogP contribution is 2.29. The van der Waals surface area contributed by atoms with Crippen molar-refractivity contribution in [1.29, 1.82) is 0 Å². The molecule has 2 amide bonds. The number of carbonyl (C=O) groups is 2. The van der Waals surface area contributed by atoms with Crippen LogP contribution in [0.4, 0.5) is 0 Å². The molecule has 0 aromatic carbocycles. The van der Waals surface area contributed by atoms with Gasteiger partial charge in [0.25, 0.3) is 5.91 Å². The van der Waals surface area contributed by atoms with Gasteiger partial charge in [0.05, 0.1) is 11.3 Å². The maximum atomic E-state index is 12.4. The Hall–Kier alpha value is -2.25. The van der Waals surface area contributed by atoms with E-state index in [-0.39, 0.29) is 5.91 Å². The third-order valence-electron chi connectivity index (χ3n) is 4.72. The molecule has 2 aromatic rings. The molecule has 26 heavy (non-hydrogen) atoms. The van der Waals surface area contributed by atoms with E-state index in [0.29, 0.717) is 5.56 Å². The van der Waals surface area contributed by atoms with E-state index in [9.17, 15) is 9.59 Å². The molecule has 0 aliphatic carbocycles. The first kappa shape index (κ1) is 18.5. The Bertz CT molecular complexity index is 800. The molecule has 0 radical (unpaired) electrons. The van der Waals surface area contributed by atoms with Gasteiger partial charge in [-0.05, 0) is 37.0 Å². The Morgan fingerprint density at radius 1 is 1.42 bits per heavy atom. The van der Waals surface area contributed by atoms with Crippen molar-refractivity contribution in [2.45, 2.75) is 45.8 Å². The lowest BCUT2D eigenvalue weighted by Gasteiger charge is -2.27. The predicted molar refractivity (Wildman–Crippen MR) is 102 cm³/mol. The second kappa shape index (κ2) is 7.97. The number of fused-ring (bicyclic) bond motifs is 1. The lowest BCUT2D eigenvalue weighted by atomic mass is 10.0. The molecular weight excluding hydrogens is 348 g/mol. The molecule has 3 heterocycles. The van der Waals surface area contributed by atoms with Crippen molar-refractivity contribution in [2.24, 2.45) is 5.73 Å². The number of aryl methyl sites for hydroxylation is 1. The van der Waals surface area contributed by atoms with E-state index in [1.54, 1.807) is 18.3 Å². The highest BCUT2D eigenvalue weighted by Gasteiger charge is 2.25. The standard InChI is InChI=1S/C19H24N4O2S/c1-3-13-4-5-14(21-8-13)9-23-7-6-15-16(11-26-17(15)10-23)19(25)22-12(2)18(20)24/h4-5,8,11-12H,3,6-7,9-10H2,1-2H3,(H2,20,24)(H,22,25). The van der Waals surface area contributed by atoms with Crippen molar-refractivity contribution in [3.05, 3.63) is 51.0 Å². The smallest absolute Gasteiger partial charge is 0.253 e. The van der Waals surface area contributed by atoms with Gasteiger partial charge in [0.2, 0.25) is 5.91 Å². The molecule has 138 valence electrons. The summed E-state index contributed by atoms with van der Waals surface area (Å²) in [7, 11) is 0. The minimum absolute atomic E-state index is 0.223. The van der Waals surface area contributed by atoms with Crippen LogP contribution in [0.5, 0.6) is 0 Å². The number of nitrogens with one attached hydrogen (secondary N) is 1. The van der Waals surface area contributed by atoms with Crippen molar-refractivity contribution in [3.63, 3.8) is 0 Å². The van der Waals surface area contributed by atoms with E-state index in [1.807, 2.05) is 11.6 Å². The van der Waals surface area contributed by atoms with Gasteiger partial charge in [-0.3, -0.25) is 19.5 Å². The second-order valence-corrected chi connectivity index (χ2v) is 7.58. The molecule has 2 aromatic heterocycles. The summed E-state index contributed by atoms with van der Waals surface area (Å²) in [5.74, 6) is -0.755. The van der Waals surface area contributed by atoms with Gasteiger partial charge in [-0.25, -0.2) is 0 Å². The number of primary amides is 1. The molecule has 1 atom stereocenters. The fourth-order valence-electron chi connectivity index (χ4n) is 3.04. The summed E-state index contributed by atoms with van der Waals surface area (Å²) >= 11 is 1.60. The summed E-state index contributed by atoms with van der Waals surface area (Å²) in [6.07, 6.45) is 3.76. The Kier molecular flexibility index (Phi) is 5.68. The largest absolute Gasteiger partial charge is 0.368 e. The van der Waals surface area contributed by atoms with Gasteiger partial charge in [0.15, 0.2) is 0 Å². The lowest BCUT2D eigenvalue weighted by Crippen LogP contribution is -2.42. The van der Waals surface area contributed by atoms with Gasteiger partial charge >= 0.3 is 0 Å². The zero-order chi connectivity index (χ0) is 18.7. The van der Waals surface area contributed by atoms with E-state index in [0.717, 1.165) is 43.7 Å². The number of hydrogen-bond donors (Lipinski definition) is 2. The highest BCUT2D eigenvalue weighted by atomic mass is 32.1. The molecular formula is C19H24N4O2S. The normalized spacial score (nSPS) is 15.3. The Morgan fingerprint density at radius 3 is 2.88 bits per heavy atom. The molecule has 0 bridgehead atoms. The summed E-state index contributed by atoms with van der Waals surface area (Å²) in [6.45, 7) is 6.22. The van der Waals surface area contributed by atoms with Crippen molar-refractivity contribution in [1.82, 2.24) is 15.2 Å². The average Bonchev–Trinajstić information content (AvgIpc) is 3.05. The monoisotopic (exact) mass is 372 g/mol. The topological polar surface area (TPSA) is 88.3 Å². The third-order valence-corrected chi connectivity index (χ3v) is 5.74. The van der Waals surface area contributed by atoms with Crippen molar-refractivity contribution in [3.8, 4) is 0 Å². The maximum absolute atomic E-state index is 12.4. The molecule has 7 heteroatoms. The van der Waals surface area contributed by atoms with Gasteiger partial charge in [-0.15, -0.1) is 11.3 Å². The second-order valence-electron chi connectivity index (χ2n) is 6.62. The van der Waals surface area contributed by atoms with Gasteiger partial charge in [-0.2, -0.15) is 0 Å². The number of amides is 2. The zero-order valence-electron chi connectivity index (χ0n) is 15.1. The molecule has 0 saturated carbocycles. The fourth-order valence-corrected chi connectivity index (χ4v) is 4.16. The van der Waals surface area contributed by atoms with Crippen LogP contribution >= 0.6 is 11.3 Å². The predicted octanol–water partition coefficient (Wildman–Crippen LogP) is 1.87. The number of aromatic nitrogens is 1. The molecule has 6 nitrogen and oxygen atoms in total. The van der Waals surface area contributed by atoms with Crippen LogP contribution < -0.4 is 11.1 Å². The third kappa shape index (κ3) is 4.11. The van der Waals surface area contributed by atoms with Crippen LogP contribution in [0.3, 0.4) is 0 Å². The number of rotatable bonds is 6. The number of hydrogen-bond acceptors (Lipinski definition) is 5. The van der Waals surface area contributed by atoms with E-state index in [4.69, 9.17) is 5.73 Å². The minimum Gasteiger partial charge on any atom is -0.368 e. The summed E-state index contributed by atoms with van der Waals surface area (Å²) in [5, 5.41) is 4.54. The number of carbonyl (C=O) groups excluding carboxylic acids is 2. The van der Waals surface area contributed by atoms with Crippen LogP contribution in [0.1, 0.15) is 45.9 Å². The van der Waals surface area contributed by atoms with E-state index in [2.05, 4.69) is 34.3 Å². The van der Waals surface area contributed by atoms with Crippen LogP contribution in [0.15, 0.2) is 23.7 Å². The first-order valence-corrected chi connectivity index (χ1v) is 9.71. The first-order chi connectivity index (χ1) is 12.5. The number of thiophene rings is 1. The van der Waals surface area contributed by atoms with Crippen LogP contribution in [0.2, 0.25) is 0 Å². The summed E-state index contributed by atoms with van der Waals surface area (Å²) in [5.41, 5.74) is 9.29. The van der Waals surface area contributed by atoms with E-state index >= 15 is 0 Å². The minimum atomic E-state index is -0.671. The van der Waals surface area contributed by atoms with Gasteiger partial charge in [-0.1, -0.05) is 13.0 Å². The molecule has 3 rings (SSSR count). The van der Waals surface area contributed by atoms with Crippen LogP contribution in [-0.2, 0) is 30.7 Å².